The molecule has 0 bridgehead atoms. The summed E-state index contributed by atoms with van der Waals surface area (Å²) in [4.78, 5) is 2.87. The number of nitrogens with one attached hydrogen (secondary N) is 1. The molecular weight excluding hydrogens is 292 g/mol. The van der Waals surface area contributed by atoms with Crippen LogP contribution < -0.4 is 5.32 Å². The molecule has 0 aromatic heterocycles. The second kappa shape index (κ2) is 5.76. The summed E-state index contributed by atoms with van der Waals surface area (Å²) in [5.74, 6) is 2.13. The number of benzene rings is 1. The monoisotopic (exact) mass is 324 g/mol. The molecule has 3 fully saturated rings. The fraction of sp³-hybridized carbons (Fsp3) is 0.727. The van der Waals surface area contributed by atoms with Gasteiger partial charge in [0.2, 0.25) is 0 Å². The largest absolute Gasteiger partial charge is 0.384 e. The SMILES string of the molecule is Cc1ccc2c(c1)C1(CCN(C3CC4CCCCC4C3)CC1)CN2. The number of rotatable bonds is 1. The molecule has 2 unspecified atom stereocenters. The highest BCUT2D eigenvalue weighted by molar-refractivity contribution is 5.61. The summed E-state index contributed by atoms with van der Waals surface area (Å²) in [6.45, 7) is 6.04. The molecule has 1 aromatic rings. The molecule has 2 saturated carbocycles. The zero-order valence-corrected chi connectivity index (χ0v) is 15.2. The van der Waals surface area contributed by atoms with E-state index in [1.807, 2.05) is 0 Å². The van der Waals surface area contributed by atoms with E-state index in [2.05, 4.69) is 35.3 Å². The third-order valence-corrected chi connectivity index (χ3v) is 7.85. The fourth-order valence-corrected chi connectivity index (χ4v) is 6.37. The molecule has 4 aliphatic rings. The lowest BCUT2D eigenvalue weighted by Crippen LogP contribution is -2.47. The van der Waals surface area contributed by atoms with Crippen molar-refractivity contribution in [2.45, 2.75) is 69.7 Å². The minimum Gasteiger partial charge on any atom is -0.384 e. The molecular formula is C22H32N2. The number of nitrogens with zero attached hydrogens (tertiary/aromatic N) is 1. The van der Waals surface area contributed by atoms with Crippen molar-refractivity contribution in [1.29, 1.82) is 0 Å². The van der Waals surface area contributed by atoms with Crippen molar-refractivity contribution in [3.05, 3.63) is 29.3 Å². The van der Waals surface area contributed by atoms with Gasteiger partial charge in [-0.2, -0.15) is 0 Å². The van der Waals surface area contributed by atoms with E-state index in [-0.39, 0.29) is 0 Å². The minimum atomic E-state index is 0.420. The number of hydrogen-bond acceptors (Lipinski definition) is 2. The first-order valence-corrected chi connectivity index (χ1v) is 10.3. The molecule has 2 heterocycles. The molecule has 1 spiro atoms. The van der Waals surface area contributed by atoms with Gasteiger partial charge < -0.3 is 10.2 Å². The maximum atomic E-state index is 3.69. The molecule has 2 heteroatoms. The van der Waals surface area contributed by atoms with Gasteiger partial charge in [-0.1, -0.05) is 43.4 Å². The first-order valence-electron chi connectivity index (χ1n) is 10.3. The van der Waals surface area contributed by atoms with Crippen molar-refractivity contribution in [1.82, 2.24) is 4.90 Å². The van der Waals surface area contributed by atoms with Crippen LogP contribution in [0.15, 0.2) is 18.2 Å². The summed E-state index contributed by atoms with van der Waals surface area (Å²) in [6, 6.07) is 7.91. The molecule has 5 rings (SSSR count). The Morgan fingerprint density at radius 1 is 1.04 bits per heavy atom. The van der Waals surface area contributed by atoms with Crippen molar-refractivity contribution in [2.75, 3.05) is 25.0 Å². The summed E-state index contributed by atoms with van der Waals surface area (Å²) >= 11 is 0. The van der Waals surface area contributed by atoms with Gasteiger partial charge in [-0.15, -0.1) is 0 Å². The lowest BCUT2D eigenvalue weighted by atomic mass is 9.73. The number of likely N-dealkylation sites (tertiary alicyclic amines) is 1. The van der Waals surface area contributed by atoms with Gasteiger partial charge in [0.05, 0.1) is 0 Å². The first kappa shape index (κ1) is 15.3. The van der Waals surface area contributed by atoms with Crippen LogP contribution in [0.25, 0.3) is 0 Å². The highest BCUT2D eigenvalue weighted by Crippen LogP contribution is 2.48. The van der Waals surface area contributed by atoms with Crippen LogP contribution in [-0.4, -0.2) is 30.6 Å². The van der Waals surface area contributed by atoms with Crippen molar-refractivity contribution < 1.29 is 0 Å². The Morgan fingerprint density at radius 3 is 2.46 bits per heavy atom. The van der Waals surface area contributed by atoms with E-state index >= 15 is 0 Å². The summed E-state index contributed by atoms with van der Waals surface area (Å²) < 4.78 is 0. The van der Waals surface area contributed by atoms with Gasteiger partial charge in [-0.3, -0.25) is 0 Å². The smallest absolute Gasteiger partial charge is 0.0379 e. The zero-order valence-electron chi connectivity index (χ0n) is 15.2. The van der Waals surface area contributed by atoms with Gasteiger partial charge in [-0.25, -0.2) is 0 Å². The Bertz CT molecular complexity index is 600. The molecule has 0 radical (unpaired) electrons. The summed E-state index contributed by atoms with van der Waals surface area (Å²) in [6.07, 6.45) is 11.8. The van der Waals surface area contributed by atoms with Gasteiger partial charge in [0.15, 0.2) is 0 Å². The van der Waals surface area contributed by atoms with Crippen molar-refractivity contribution in [3.8, 4) is 0 Å². The van der Waals surface area contributed by atoms with E-state index in [1.54, 1.807) is 5.56 Å². The van der Waals surface area contributed by atoms with Crippen LogP contribution in [0.2, 0.25) is 0 Å². The Balaban J connectivity index is 1.28. The Hall–Kier alpha value is -1.02. The molecule has 24 heavy (non-hydrogen) atoms. The average molecular weight is 325 g/mol. The molecule has 0 amide bonds. The Labute approximate surface area is 147 Å². The van der Waals surface area contributed by atoms with Crippen LogP contribution in [0, 0.1) is 18.8 Å². The number of fused-ring (bicyclic) bond motifs is 3. The standard InChI is InChI=1S/C22H32N2/c1-16-6-7-21-20(12-16)22(15-23-21)8-10-24(11-9-22)19-13-17-4-2-3-5-18(17)14-19/h6-7,12,17-19,23H,2-5,8-11,13-15H2,1H3. The van der Waals surface area contributed by atoms with Crippen LogP contribution >= 0.6 is 0 Å². The first-order chi connectivity index (χ1) is 11.7. The van der Waals surface area contributed by atoms with E-state index < -0.39 is 0 Å². The van der Waals surface area contributed by atoms with Gasteiger partial charge in [-0.05, 0) is 69.2 Å². The van der Waals surface area contributed by atoms with Crippen molar-refractivity contribution >= 4 is 5.69 Å². The number of aryl methyl sites for hydroxylation is 1. The Morgan fingerprint density at radius 2 is 1.75 bits per heavy atom. The molecule has 1 saturated heterocycles. The summed E-state index contributed by atoms with van der Waals surface area (Å²) in [5, 5.41) is 3.69. The van der Waals surface area contributed by atoms with E-state index in [9.17, 15) is 0 Å². The van der Waals surface area contributed by atoms with Crippen LogP contribution in [0.3, 0.4) is 0 Å². The second-order valence-corrected chi connectivity index (χ2v) is 9.15. The fourth-order valence-electron chi connectivity index (χ4n) is 6.37. The number of anilines is 1. The lowest BCUT2D eigenvalue weighted by molar-refractivity contribution is 0.120. The van der Waals surface area contributed by atoms with Crippen LogP contribution in [0.1, 0.15) is 62.5 Å². The topological polar surface area (TPSA) is 15.3 Å². The number of hydrogen-bond donors (Lipinski definition) is 1. The molecule has 1 N–H and O–H groups in total. The van der Waals surface area contributed by atoms with E-state index in [4.69, 9.17) is 0 Å². The zero-order chi connectivity index (χ0) is 16.1. The third-order valence-electron chi connectivity index (χ3n) is 7.85. The molecule has 2 aliphatic heterocycles. The van der Waals surface area contributed by atoms with Crippen molar-refractivity contribution in [2.24, 2.45) is 11.8 Å². The second-order valence-electron chi connectivity index (χ2n) is 9.15. The van der Waals surface area contributed by atoms with E-state index in [0.717, 1.165) is 24.4 Å². The van der Waals surface area contributed by atoms with E-state index in [0.29, 0.717) is 5.41 Å². The average Bonchev–Trinajstić information content (AvgIpc) is 3.18. The van der Waals surface area contributed by atoms with Crippen LogP contribution in [0.5, 0.6) is 0 Å². The highest BCUT2D eigenvalue weighted by atomic mass is 15.2. The van der Waals surface area contributed by atoms with Gasteiger partial charge in [0.25, 0.3) is 0 Å². The highest BCUT2D eigenvalue weighted by Gasteiger charge is 2.44. The maximum Gasteiger partial charge on any atom is 0.0379 e. The van der Waals surface area contributed by atoms with Gasteiger partial charge >= 0.3 is 0 Å². The quantitative estimate of drug-likeness (QED) is 0.804. The lowest BCUT2D eigenvalue weighted by Gasteiger charge is -2.42. The maximum absolute atomic E-state index is 3.69. The molecule has 130 valence electrons. The summed E-state index contributed by atoms with van der Waals surface area (Å²) in [7, 11) is 0. The molecule has 1 aromatic carbocycles. The molecule has 2 nitrogen and oxygen atoms in total. The number of piperidine rings is 1. The van der Waals surface area contributed by atoms with Crippen molar-refractivity contribution in [3.63, 3.8) is 0 Å². The normalized spacial score (nSPS) is 34.8. The van der Waals surface area contributed by atoms with Crippen LogP contribution in [-0.2, 0) is 5.41 Å². The van der Waals surface area contributed by atoms with Gasteiger partial charge in [0, 0.05) is 23.7 Å². The molecule has 2 atom stereocenters. The molecule has 2 aliphatic carbocycles. The van der Waals surface area contributed by atoms with E-state index in [1.165, 1.54) is 75.7 Å². The predicted molar refractivity (Wildman–Crippen MR) is 101 cm³/mol. The Kier molecular flexibility index (Phi) is 3.66. The predicted octanol–water partition coefficient (Wildman–Crippen LogP) is 4.72. The summed E-state index contributed by atoms with van der Waals surface area (Å²) in [5.41, 5.74) is 4.85. The van der Waals surface area contributed by atoms with Gasteiger partial charge in [0.1, 0.15) is 0 Å². The minimum absolute atomic E-state index is 0.420. The third kappa shape index (κ3) is 2.41. The van der Waals surface area contributed by atoms with Crippen LogP contribution in [0.4, 0.5) is 5.69 Å².